The van der Waals surface area contributed by atoms with E-state index in [1.54, 1.807) is 0 Å². The van der Waals surface area contributed by atoms with Gasteiger partial charge in [-0.05, 0) is 24.6 Å². The molecule has 0 radical (unpaired) electrons. The van der Waals surface area contributed by atoms with Gasteiger partial charge >= 0.3 is 5.97 Å². The van der Waals surface area contributed by atoms with Crippen LogP contribution in [-0.2, 0) is 4.74 Å². The maximum atomic E-state index is 12.1. The third kappa shape index (κ3) is 3.97. The first kappa shape index (κ1) is 17.2. The molecule has 1 aromatic rings. The summed E-state index contributed by atoms with van der Waals surface area (Å²) in [5, 5.41) is 2.42. The van der Waals surface area contributed by atoms with Crippen molar-refractivity contribution in [3.8, 4) is 5.75 Å². The molecule has 1 aliphatic heterocycles. The summed E-state index contributed by atoms with van der Waals surface area (Å²) in [6.45, 7) is 2.33. The molecule has 0 aliphatic carbocycles. The zero-order chi connectivity index (χ0) is 16.3. The van der Waals surface area contributed by atoms with E-state index in [0.29, 0.717) is 6.61 Å². The van der Waals surface area contributed by atoms with Gasteiger partial charge < -0.3 is 14.8 Å². The summed E-state index contributed by atoms with van der Waals surface area (Å²) in [4.78, 5) is 23.9. The van der Waals surface area contributed by atoms with Crippen molar-refractivity contribution in [2.45, 2.75) is 29.8 Å². The van der Waals surface area contributed by atoms with Crippen LogP contribution in [-0.4, -0.2) is 28.5 Å². The Morgan fingerprint density at radius 3 is 2.77 bits per heavy atom. The van der Waals surface area contributed by atoms with Crippen LogP contribution in [0.2, 0.25) is 0 Å². The molecular weight excluding hydrogens is 353 g/mol. The number of carbonyl (C=O) groups is 2. The number of esters is 1. The van der Waals surface area contributed by atoms with Crippen molar-refractivity contribution < 1.29 is 19.1 Å². The van der Waals surface area contributed by atoms with Crippen molar-refractivity contribution in [1.29, 1.82) is 0 Å². The maximum Gasteiger partial charge on any atom is 0.338 e. The van der Waals surface area contributed by atoms with E-state index in [1.807, 2.05) is 6.92 Å². The zero-order valence-corrected chi connectivity index (χ0v) is 14.0. The Bertz CT molecular complexity index is 586. The molecule has 8 heteroatoms. The monoisotopic (exact) mass is 365 g/mol. The number of alkyl halides is 3. The Balaban J connectivity index is 2.17. The van der Waals surface area contributed by atoms with Gasteiger partial charge in [0.25, 0.3) is 5.91 Å². The molecule has 1 atom stereocenters. The molecule has 0 fully saturated rings. The molecule has 5 nitrogen and oxygen atoms in total. The molecule has 0 saturated heterocycles. The first-order valence-corrected chi connectivity index (χ1v) is 7.81. The fourth-order valence-corrected chi connectivity index (χ4v) is 2.13. The summed E-state index contributed by atoms with van der Waals surface area (Å²) in [5.41, 5.74) is 0.455. The minimum atomic E-state index is -1.80. The van der Waals surface area contributed by atoms with Crippen LogP contribution in [0, 0.1) is 0 Å². The summed E-state index contributed by atoms with van der Waals surface area (Å²) in [7, 11) is 0. The fourth-order valence-electron chi connectivity index (χ4n) is 1.83. The number of benzene rings is 1. The number of halogens is 3. The molecule has 2 rings (SSSR count). The van der Waals surface area contributed by atoms with Crippen molar-refractivity contribution in [3.63, 3.8) is 0 Å². The van der Waals surface area contributed by atoms with Gasteiger partial charge in [-0.3, -0.25) is 4.79 Å². The SMILES string of the molecule is CCCCOC(=O)c1ccc2c(c1)C(=O)NC(C(Cl)(Cl)Cl)O2. The lowest BCUT2D eigenvalue weighted by Gasteiger charge is -2.31. The second-order valence-corrected chi connectivity index (χ2v) is 7.08. The lowest BCUT2D eigenvalue weighted by atomic mass is 10.1. The average Bonchev–Trinajstić information content (AvgIpc) is 2.46. The van der Waals surface area contributed by atoms with Gasteiger partial charge in [0, 0.05) is 0 Å². The standard InChI is InChI=1S/C14H14Cl3NO4/c1-2-3-6-21-12(20)8-4-5-10-9(7-8)11(19)18-13(22-10)14(15,16)17/h4-5,7,13H,2-3,6H2,1H3,(H,18,19). The minimum Gasteiger partial charge on any atom is -0.465 e. The van der Waals surface area contributed by atoms with Gasteiger partial charge in [0.15, 0.2) is 0 Å². The lowest BCUT2D eigenvalue weighted by Crippen LogP contribution is -2.50. The second-order valence-electron chi connectivity index (χ2n) is 4.71. The zero-order valence-electron chi connectivity index (χ0n) is 11.7. The molecule has 0 saturated carbocycles. The molecule has 0 spiro atoms. The van der Waals surface area contributed by atoms with Gasteiger partial charge in [-0.15, -0.1) is 0 Å². The van der Waals surface area contributed by atoms with Crippen molar-refractivity contribution >= 4 is 46.7 Å². The van der Waals surface area contributed by atoms with Crippen LogP contribution in [0.3, 0.4) is 0 Å². The molecular formula is C14H14Cl3NO4. The highest BCUT2D eigenvalue weighted by Crippen LogP contribution is 2.35. The quantitative estimate of drug-likeness (QED) is 0.503. The van der Waals surface area contributed by atoms with Crippen molar-refractivity contribution in [2.75, 3.05) is 6.61 Å². The number of amides is 1. The van der Waals surface area contributed by atoms with Crippen molar-refractivity contribution in [1.82, 2.24) is 5.32 Å². The molecule has 0 aromatic heterocycles. The van der Waals surface area contributed by atoms with Gasteiger partial charge in [0.05, 0.1) is 17.7 Å². The van der Waals surface area contributed by atoms with E-state index in [1.165, 1.54) is 18.2 Å². The number of carbonyl (C=O) groups excluding carboxylic acids is 2. The van der Waals surface area contributed by atoms with Crippen LogP contribution in [0.15, 0.2) is 18.2 Å². The van der Waals surface area contributed by atoms with E-state index < -0.39 is 21.9 Å². The van der Waals surface area contributed by atoms with E-state index in [-0.39, 0.29) is 16.9 Å². The van der Waals surface area contributed by atoms with E-state index in [9.17, 15) is 9.59 Å². The fraction of sp³-hybridized carbons (Fsp3) is 0.429. The van der Waals surface area contributed by atoms with Crippen LogP contribution in [0.1, 0.15) is 40.5 Å². The highest BCUT2D eigenvalue weighted by Gasteiger charge is 2.40. The third-order valence-electron chi connectivity index (χ3n) is 3.00. The number of unbranched alkanes of at least 4 members (excludes halogenated alkanes) is 1. The molecule has 22 heavy (non-hydrogen) atoms. The van der Waals surface area contributed by atoms with Crippen LogP contribution in [0.4, 0.5) is 0 Å². The molecule has 1 aliphatic rings. The normalized spacial score (nSPS) is 17.3. The van der Waals surface area contributed by atoms with Crippen LogP contribution < -0.4 is 10.1 Å². The Morgan fingerprint density at radius 1 is 1.41 bits per heavy atom. The van der Waals surface area contributed by atoms with Gasteiger partial charge in [-0.2, -0.15) is 0 Å². The first-order chi connectivity index (χ1) is 10.3. The van der Waals surface area contributed by atoms with Crippen molar-refractivity contribution in [3.05, 3.63) is 29.3 Å². The van der Waals surface area contributed by atoms with E-state index in [4.69, 9.17) is 44.3 Å². The number of fused-ring (bicyclic) bond motifs is 1. The highest BCUT2D eigenvalue weighted by atomic mass is 35.6. The molecule has 1 amide bonds. The second kappa shape index (κ2) is 6.94. The third-order valence-corrected chi connectivity index (χ3v) is 3.59. The summed E-state index contributed by atoms with van der Waals surface area (Å²) in [6, 6.07) is 4.38. The first-order valence-electron chi connectivity index (χ1n) is 6.68. The van der Waals surface area contributed by atoms with Crippen LogP contribution >= 0.6 is 34.8 Å². The molecule has 120 valence electrons. The lowest BCUT2D eigenvalue weighted by molar-refractivity contribution is 0.0499. The Kier molecular flexibility index (Phi) is 5.42. The summed E-state index contributed by atoms with van der Waals surface area (Å²) in [6.07, 6.45) is 0.608. The smallest absolute Gasteiger partial charge is 0.338 e. The Hall–Kier alpha value is -1.17. The summed E-state index contributed by atoms with van der Waals surface area (Å²) < 4.78 is 8.71. The van der Waals surface area contributed by atoms with Gasteiger partial charge in [-0.1, -0.05) is 48.1 Å². The number of rotatable bonds is 4. The maximum absolute atomic E-state index is 12.1. The Morgan fingerprint density at radius 2 is 2.14 bits per heavy atom. The molecule has 1 unspecified atom stereocenters. The van der Waals surface area contributed by atoms with Gasteiger partial charge in [0.2, 0.25) is 10.0 Å². The van der Waals surface area contributed by atoms with Gasteiger partial charge in [-0.25, -0.2) is 4.79 Å². The largest absolute Gasteiger partial charge is 0.465 e. The number of ether oxygens (including phenoxy) is 2. The predicted octanol–water partition coefficient (Wildman–Crippen LogP) is 3.46. The van der Waals surface area contributed by atoms with Gasteiger partial charge in [0.1, 0.15) is 5.75 Å². The average molecular weight is 367 g/mol. The van der Waals surface area contributed by atoms with E-state index in [2.05, 4.69) is 5.32 Å². The summed E-state index contributed by atoms with van der Waals surface area (Å²) in [5.74, 6) is -0.737. The van der Waals surface area contributed by atoms with E-state index in [0.717, 1.165) is 12.8 Å². The highest BCUT2D eigenvalue weighted by molar-refractivity contribution is 6.68. The van der Waals surface area contributed by atoms with Crippen LogP contribution in [0.5, 0.6) is 5.75 Å². The molecule has 1 aromatic carbocycles. The number of nitrogens with one attached hydrogen (secondary N) is 1. The summed E-state index contributed by atoms with van der Waals surface area (Å²) >= 11 is 17.1. The molecule has 0 bridgehead atoms. The topological polar surface area (TPSA) is 64.6 Å². The predicted molar refractivity (Wildman–Crippen MR) is 83.8 cm³/mol. The number of hydrogen-bond acceptors (Lipinski definition) is 4. The van der Waals surface area contributed by atoms with E-state index >= 15 is 0 Å². The number of hydrogen-bond donors (Lipinski definition) is 1. The van der Waals surface area contributed by atoms with Crippen LogP contribution in [0.25, 0.3) is 0 Å². The molecule has 1 heterocycles. The van der Waals surface area contributed by atoms with Crippen molar-refractivity contribution in [2.24, 2.45) is 0 Å². The molecule has 1 N–H and O–H groups in total. The minimum absolute atomic E-state index is 0.190. The Labute approximate surface area is 142 Å².